The maximum Gasteiger partial charge on any atom is 0.268 e. The molecule has 3 aromatic carbocycles. The van der Waals surface area contributed by atoms with Gasteiger partial charge in [0, 0.05) is 42.5 Å². The lowest BCUT2D eigenvalue weighted by molar-refractivity contribution is 0.0642. The second-order valence-corrected chi connectivity index (χ2v) is 10.3. The molecule has 1 aromatic heterocycles. The predicted molar refractivity (Wildman–Crippen MR) is 132 cm³/mol. The number of carbonyl (C=O) groups is 1. The Morgan fingerprint density at radius 1 is 0.912 bits per heavy atom. The molecular weight excluding hydrogens is 448 g/mol. The normalized spacial score (nSPS) is 14.8. The number of carbonyl (C=O) groups excluding carboxylic acids is 1. The van der Waals surface area contributed by atoms with Crippen LogP contribution in [0.4, 0.5) is 0 Å². The van der Waals surface area contributed by atoms with Crippen LogP contribution in [0.2, 0.25) is 0 Å². The highest BCUT2D eigenvalue weighted by Crippen LogP contribution is 2.33. The van der Waals surface area contributed by atoms with E-state index in [-0.39, 0.29) is 10.8 Å². The average molecular weight is 475 g/mol. The highest BCUT2D eigenvalue weighted by atomic mass is 32.2. The Morgan fingerprint density at radius 2 is 1.59 bits per heavy atom. The molecule has 0 saturated carbocycles. The van der Waals surface area contributed by atoms with Crippen molar-refractivity contribution in [1.82, 2.24) is 9.29 Å². The first kappa shape index (κ1) is 22.4. The summed E-state index contributed by atoms with van der Waals surface area (Å²) in [5.41, 5.74) is 2.85. The van der Waals surface area contributed by atoms with Gasteiger partial charge in [-0.1, -0.05) is 48.5 Å². The molecule has 174 valence electrons. The third-order valence-corrected chi connectivity index (χ3v) is 8.02. The molecule has 0 bridgehead atoms. The molecule has 0 atom stereocenters. The fourth-order valence-corrected chi connectivity index (χ4v) is 5.75. The van der Waals surface area contributed by atoms with Crippen molar-refractivity contribution < 1.29 is 17.9 Å². The van der Waals surface area contributed by atoms with Crippen molar-refractivity contribution in [3.63, 3.8) is 0 Å². The van der Waals surface area contributed by atoms with Crippen molar-refractivity contribution in [3.05, 3.63) is 90.6 Å². The Hall–Kier alpha value is -3.42. The van der Waals surface area contributed by atoms with Gasteiger partial charge in [-0.2, -0.15) is 0 Å². The van der Waals surface area contributed by atoms with Gasteiger partial charge in [0.2, 0.25) is 0 Å². The maximum atomic E-state index is 13.6. The Balaban J connectivity index is 1.41. The van der Waals surface area contributed by atoms with Gasteiger partial charge in [0.05, 0.1) is 10.4 Å². The fraction of sp³-hybridized carbons (Fsp3) is 0.222. The lowest BCUT2D eigenvalue weighted by atomic mass is 10.0. The van der Waals surface area contributed by atoms with Crippen molar-refractivity contribution in [2.45, 2.75) is 17.7 Å². The first-order valence-electron chi connectivity index (χ1n) is 11.4. The minimum Gasteiger partial charge on any atom is -0.381 e. The Labute approximate surface area is 199 Å². The molecule has 0 unspecified atom stereocenters. The van der Waals surface area contributed by atoms with E-state index in [0.717, 1.165) is 42.6 Å². The van der Waals surface area contributed by atoms with Gasteiger partial charge in [-0.15, -0.1) is 0 Å². The summed E-state index contributed by atoms with van der Waals surface area (Å²) in [5, 5.41) is 3.82. The number of amides is 1. The highest BCUT2D eigenvalue weighted by Gasteiger charge is 2.22. The largest absolute Gasteiger partial charge is 0.381 e. The standard InChI is InChI=1S/C27H26N2O4S/c30-27(28-18-20-14-16-33-17-15-20)22-10-12-23(13-11-22)34(31,32)29-19-25(21-6-2-1-3-7-21)24-8-4-5-9-26(24)29/h1-13,19-20H,14-18H2,(H,28,30). The number of aromatic nitrogens is 1. The van der Waals surface area contributed by atoms with Gasteiger partial charge < -0.3 is 10.1 Å². The molecular formula is C27H26N2O4S. The van der Waals surface area contributed by atoms with Crippen LogP contribution in [-0.4, -0.2) is 38.1 Å². The molecule has 1 N–H and O–H groups in total. The summed E-state index contributed by atoms with van der Waals surface area (Å²) in [5.74, 6) is 0.214. The average Bonchev–Trinajstić information content (AvgIpc) is 3.29. The van der Waals surface area contributed by atoms with Gasteiger partial charge in [0.15, 0.2) is 0 Å². The molecule has 5 rings (SSSR count). The molecule has 1 aliphatic heterocycles. The summed E-state index contributed by atoms with van der Waals surface area (Å²) in [7, 11) is -3.85. The molecule has 0 aliphatic carbocycles. The summed E-state index contributed by atoms with van der Waals surface area (Å²) < 4.78 is 33.8. The van der Waals surface area contributed by atoms with Crippen LogP contribution in [0.15, 0.2) is 90.0 Å². The zero-order valence-corrected chi connectivity index (χ0v) is 19.5. The molecule has 7 heteroatoms. The fourth-order valence-electron chi connectivity index (χ4n) is 4.38. The number of hydrogen-bond donors (Lipinski definition) is 1. The van der Waals surface area contributed by atoms with Gasteiger partial charge in [-0.25, -0.2) is 12.4 Å². The van der Waals surface area contributed by atoms with Crippen molar-refractivity contribution in [1.29, 1.82) is 0 Å². The Bertz CT molecular complexity index is 1400. The van der Waals surface area contributed by atoms with Crippen LogP contribution < -0.4 is 5.32 Å². The van der Waals surface area contributed by atoms with Crippen molar-refractivity contribution in [3.8, 4) is 11.1 Å². The zero-order valence-electron chi connectivity index (χ0n) is 18.7. The summed E-state index contributed by atoms with van der Waals surface area (Å²) in [6, 6.07) is 23.3. The highest BCUT2D eigenvalue weighted by molar-refractivity contribution is 7.90. The minimum atomic E-state index is -3.85. The molecule has 6 nitrogen and oxygen atoms in total. The van der Waals surface area contributed by atoms with Crippen molar-refractivity contribution >= 4 is 26.8 Å². The SMILES string of the molecule is O=C(NCC1CCOCC1)c1ccc(S(=O)(=O)n2cc(-c3ccccc3)c3ccccc32)cc1. The molecule has 1 amide bonds. The predicted octanol–water partition coefficient (Wildman–Crippen LogP) is 4.70. The van der Waals surface area contributed by atoms with Crippen LogP contribution in [0.1, 0.15) is 23.2 Å². The van der Waals surface area contributed by atoms with E-state index in [2.05, 4.69) is 5.32 Å². The Kier molecular flexibility index (Phi) is 6.22. The second-order valence-electron chi connectivity index (χ2n) is 8.52. The van der Waals surface area contributed by atoms with Gasteiger partial charge in [-0.05, 0) is 54.7 Å². The lowest BCUT2D eigenvalue weighted by Crippen LogP contribution is -2.32. The molecule has 0 spiro atoms. The topological polar surface area (TPSA) is 77.4 Å². The number of nitrogens with one attached hydrogen (secondary N) is 1. The number of ether oxygens (including phenoxy) is 1. The first-order valence-corrected chi connectivity index (χ1v) is 12.8. The number of rotatable bonds is 6. The molecule has 1 aliphatic rings. The summed E-state index contributed by atoms with van der Waals surface area (Å²) in [6.07, 6.45) is 3.55. The quantitative estimate of drug-likeness (QED) is 0.439. The van der Waals surface area contributed by atoms with E-state index in [0.29, 0.717) is 23.5 Å². The van der Waals surface area contributed by atoms with E-state index in [9.17, 15) is 13.2 Å². The van der Waals surface area contributed by atoms with Crippen LogP contribution in [0.5, 0.6) is 0 Å². The van der Waals surface area contributed by atoms with Gasteiger partial charge >= 0.3 is 0 Å². The Morgan fingerprint density at radius 3 is 2.32 bits per heavy atom. The number of hydrogen-bond acceptors (Lipinski definition) is 4. The monoisotopic (exact) mass is 474 g/mol. The second kappa shape index (κ2) is 9.44. The first-order chi connectivity index (χ1) is 16.5. The zero-order chi connectivity index (χ0) is 23.5. The van der Waals surface area contributed by atoms with Crippen LogP contribution >= 0.6 is 0 Å². The smallest absolute Gasteiger partial charge is 0.268 e. The van der Waals surface area contributed by atoms with Crippen LogP contribution in [0, 0.1) is 5.92 Å². The van der Waals surface area contributed by atoms with Gasteiger partial charge in [0.25, 0.3) is 15.9 Å². The number of fused-ring (bicyclic) bond motifs is 1. The number of nitrogens with zero attached hydrogens (tertiary/aromatic N) is 1. The molecule has 1 fully saturated rings. The molecule has 0 radical (unpaired) electrons. The lowest BCUT2D eigenvalue weighted by Gasteiger charge is -2.22. The summed E-state index contributed by atoms with van der Waals surface area (Å²) in [4.78, 5) is 12.7. The van der Waals surface area contributed by atoms with E-state index >= 15 is 0 Å². The third-order valence-electron chi connectivity index (χ3n) is 6.33. The van der Waals surface area contributed by atoms with E-state index in [4.69, 9.17) is 4.74 Å². The van der Waals surface area contributed by atoms with Crippen molar-refractivity contribution in [2.75, 3.05) is 19.8 Å². The van der Waals surface area contributed by atoms with E-state index in [1.165, 1.54) is 16.1 Å². The van der Waals surface area contributed by atoms with Crippen molar-refractivity contribution in [2.24, 2.45) is 5.92 Å². The number of para-hydroxylation sites is 1. The van der Waals surface area contributed by atoms with Crippen LogP contribution in [0.25, 0.3) is 22.0 Å². The van der Waals surface area contributed by atoms with E-state index < -0.39 is 10.0 Å². The molecule has 1 saturated heterocycles. The third kappa shape index (κ3) is 4.36. The van der Waals surface area contributed by atoms with E-state index in [1.807, 2.05) is 48.5 Å². The maximum absolute atomic E-state index is 13.6. The molecule has 2 heterocycles. The summed E-state index contributed by atoms with van der Waals surface area (Å²) in [6.45, 7) is 2.06. The van der Waals surface area contributed by atoms with Crippen LogP contribution in [0.3, 0.4) is 0 Å². The van der Waals surface area contributed by atoms with E-state index in [1.54, 1.807) is 24.4 Å². The minimum absolute atomic E-state index is 0.133. The summed E-state index contributed by atoms with van der Waals surface area (Å²) >= 11 is 0. The number of benzene rings is 3. The van der Waals surface area contributed by atoms with Gasteiger partial charge in [-0.3, -0.25) is 4.79 Å². The van der Waals surface area contributed by atoms with Crippen LogP contribution in [-0.2, 0) is 14.8 Å². The molecule has 4 aromatic rings. The molecule has 34 heavy (non-hydrogen) atoms. The van der Waals surface area contributed by atoms with Gasteiger partial charge in [0.1, 0.15) is 0 Å².